The maximum Gasteiger partial charge on any atom is 0.277 e. The number of nitrogens with zero attached hydrogens (tertiary/aromatic N) is 3. The summed E-state index contributed by atoms with van der Waals surface area (Å²) in [7, 11) is 0. The van der Waals surface area contributed by atoms with Crippen molar-refractivity contribution < 1.29 is 13.6 Å². The molecule has 1 fully saturated rings. The van der Waals surface area contributed by atoms with E-state index in [0.717, 1.165) is 30.7 Å². The van der Waals surface area contributed by atoms with Crippen LogP contribution in [0.2, 0.25) is 0 Å². The Kier molecular flexibility index (Phi) is 5.83. The van der Waals surface area contributed by atoms with E-state index in [4.69, 9.17) is 8.83 Å². The smallest absolute Gasteiger partial charge is 0.277 e. The lowest BCUT2D eigenvalue weighted by molar-refractivity contribution is -0.133. The molecule has 3 rings (SSSR count). The Hall–Kier alpha value is -1.76. The molecule has 1 atom stereocenters. The molecule has 25 heavy (non-hydrogen) atoms. The van der Waals surface area contributed by atoms with Gasteiger partial charge in [0.2, 0.25) is 5.91 Å². The van der Waals surface area contributed by atoms with E-state index in [1.165, 1.54) is 31.0 Å². The number of carbonyl (C=O) groups is 1. The van der Waals surface area contributed by atoms with E-state index in [1.807, 2.05) is 18.7 Å². The molecular weight excluding hydrogens is 338 g/mol. The van der Waals surface area contributed by atoms with Crippen molar-refractivity contribution >= 4 is 17.7 Å². The van der Waals surface area contributed by atoms with Gasteiger partial charge < -0.3 is 13.7 Å². The number of carbonyl (C=O) groups excluding carboxylic acids is 1. The Bertz CT molecular complexity index is 706. The second kappa shape index (κ2) is 8.08. The Morgan fingerprint density at radius 1 is 1.36 bits per heavy atom. The van der Waals surface area contributed by atoms with Crippen LogP contribution < -0.4 is 0 Å². The number of hydrogen-bond donors (Lipinski definition) is 0. The lowest BCUT2D eigenvalue weighted by Gasteiger charge is -2.34. The van der Waals surface area contributed by atoms with Gasteiger partial charge in [-0.25, -0.2) is 0 Å². The molecule has 2 aromatic heterocycles. The van der Waals surface area contributed by atoms with Gasteiger partial charge in [-0.15, -0.1) is 10.2 Å². The minimum atomic E-state index is -0.249. The number of aromatic nitrogens is 2. The molecule has 0 radical (unpaired) electrons. The Morgan fingerprint density at radius 3 is 2.76 bits per heavy atom. The molecule has 1 amide bonds. The zero-order valence-corrected chi connectivity index (χ0v) is 15.8. The van der Waals surface area contributed by atoms with Crippen molar-refractivity contribution in [1.82, 2.24) is 15.1 Å². The first-order valence-corrected chi connectivity index (χ1v) is 9.83. The Balaban J connectivity index is 1.65. The molecule has 0 aliphatic heterocycles. The van der Waals surface area contributed by atoms with Crippen molar-refractivity contribution in [3.05, 3.63) is 18.1 Å². The van der Waals surface area contributed by atoms with Crippen molar-refractivity contribution in [3.8, 4) is 11.5 Å². The maximum absolute atomic E-state index is 12.9. The van der Waals surface area contributed by atoms with Crippen molar-refractivity contribution in [2.24, 2.45) is 0 Å². The molecule has 2 aromatic rings. The van der Waals surface area contributed by atoms with Gasteiger partial charge in [0.05, 0.1) is 17.1 Å². The minimum Gasteiger partial charge on any atom is -0.469 e. The topological polar surface area (TPSA) is 72.4 Å². The molecule has 0 aromatic carbocycles. The molecule has 0 bridgehead atoms. The van der Waals surface area contributed by atoms with Crippen molar-refractivity contribution in [3.63, 3.8) is 0 Å². The lowest BCUT2D eigenvalue weighted by atomic mass is 9.94. The standard InChI is InChI=1S/C18H25N3O3S/c1-4-21(14-8-6-5-7-9-14)17(22)13(3)25-18-20-19-16(24-18)15-10-11-23-12(15)2/h10-11,13-14H,4-9H2,1-3H3. The summed E-state index contributed by atoms with van der Waals surface area (Å²) in [6.45, 7) is 6.56. The van der Waals surface area contributed by atoms with Gasteiger partial charge in [-0.05, 0) is 39.7 Å². The molecule has 1 aliphatic carbocycles. The third-order valence-corrected chi connectivity index (χ3v) is 5.68. The van der Waals surface area contributed by atoms with Crippen LogP contribution in [0, 0.1) is 6.92 Å². The van der Waals surface area contributed by atoms with Crippen LogP contribution in [0.5, 0.6) is 0 Å². The zero-order valence-electron chi connectivity index (χ0n) is 15.0. The fourth-order valence-corrected chi connectivity index (χ4v) is 4.15. The lowest BCUT2D eigenvalue weighted by Crippen LogP contribution is -2.44. The highest BCUT2D eigenvalue weighted by Gasteiger charge is 2.29. The fourth-order valence-electron chi connectivity index (χ4n) is 3.39. The molecule has 0 saturated heterocycles. The first-order chi connectivity index (χ1) is 12.1. The van der Waals surface area contributed by atoms with Gasteiger partial charge in [-0.2, -0.15) is 0 Å². The van der Waals surface area contributed by atoms with Crippen molar-refractivity contribution in [2.75, 3.05) is 6.54 Å². The summed E-state index contributed by atoms with van der Waals surface area (Å²) in [5.41, 5.74) is 0.788. The summed E-state index contributed by atoms with van der Waals surface area (Å²) in [6.07, 6.45) is 7.53. The normalized spacial score (nSPS) is 16.8. The van der Waals surface area contributed by atoms with Gasteiger partial charge in [-0.1, -0.05) is 31.0 Å². The summed E-state index contributed by atoms with van der Waals surface area (Å²) in [5, 5.41) is 8.30. The maximum atomic E-state index is 12.9. The number of hydrogen-bond acceptors (Lipinski definition) is 6. The second-order valence-corrected chi connectivity index (χ2v) is 7.73. The summed E-state index contributed by atoms with van der Waals surface area (Å²) in [5.74, 6) is 1.31. The predicted octanol–water partition coefficient (Wildman–Crippen LogP) is 4.30. The number of thioether (sulfide) groups is 1. The Morgan fingerprint density at radius 2 is 2.12 bits per heavy atom. The van der Waals surface area contributed by atoms with Gasteiger partial charge in [-0.3, -0.25) is 4.79 Å². The monoisotopic (exact) mass is 363 g/mol. The number of amides is 1. The first kappa shape index (κ1) is 18.0. The first-order valence-electron chi connectivity index (χ1n) is 8.95. The summed E-state index contributed by atoms with van der Waals surface area (Å²) in [6, 6.07) is 2.18. The number of aryl methyl sites for hydroxylation is 1. The minimum absolute atomic E-state index is 0.152. The van der Waals surface area contributed by atoms with Crippen LogP contribution in [-0.4, -0.2) is 38.8 Å². The molecule has 0 spiro atoms. The Labute approximate surface area is 152 Å². The predicted molar refractivity (Wildman–Crippen MR) is 96.3 cm³/mol. The molecular formula is C18H25N3O3S. The highest BCUT2D eigenvalue weighted by atomic mass is 32.2. The molecule has 2 heterocycles. The summed E-state index contributed by atoms with van der Waals surface area (Å²) in [4.78, 5) is 14.9. The van der Waals surface area contributed by atoms with Crippen LogP contribution in [0.15, 0.2) is 26.4 Å². The average molecular weight is 363 g/mol. The van der Waals surface area contributed by atoms with Crippen LogP contribution in [0.4, 0.5) is 0 Å². The van der Waals surface area contributed by atoms with E-state index in [1.54, 1.807) is 12.3 Å². The van der Waals surface area contributed by atoms with Gasteiger partial charge in [0.1, 0.15) is 5.76 Å². The quantitative estimate of drug-likeness (QED) is 0.713. The van der Waals surface area contributed by atoms with E-state index in [0.29, 0.717) is 17.2 Å². The van der Waals surface area contributed by atoms with E-state index in [9.17, 15) is 4.79 Å². The van der Waals surface area contributed by atoms with E-state index in [-0.39, 0.29) is 11.2 Å². The summed E-state index contributed by atoms with van der Waals surface area (Å²) < 4.78 is 11.0. The fraction of sp³-hybridized carbons (Fsp3) is 0.611. The van der Waals surface area contributed by atoms with Crippen LogP contribution in [0.1, 0.15) is 51.7 Å². The van der Waals surface area contributed by atoms with Gasteiger partial charge in [0, 0.05) is 12.6 Å². The summed E-state index contributed by atoms with van der Waals surface area (Å²) >= 11 is 1.32. The third kappa shape index (κ3) is 4.08. The second-order valence-electron chi connectivity index (χ2n) is 6.44. The number of furan rings is 1. The van der Waals surface area contributed by atoms with Gasteiger partial charge in [0.25, 0.3) is 11.1 Å². The number of rotatable bonds is 6. The molecule has 136 valence electrons. The van der Waals surface area contributed by atoms with Crippen LogP contribution in [0.3, 0.4) is 0 Å². The van der Waals surface area contributed by atoms with E-state index >= 15 is 0 Å². The van der Waals surface area contributed by atoms with E-state index in [2.05, 4.69) is 17.1 Å². The molecule has 1 aliphatic rings. The van der Waals surface area contributed by atoms with Gasteiger partial charge >= 0.3 is 0 Å². The zero-order chi connectivity index (χ0) is 17.8. The van der Waals surface area contributed by atoms with Crippen LogP contribution in [-0.2, 0) is 4.79 Å². The largest absolute Gasteiger partial charge is 0.469 e. The molecule has 1 unspecified atom stereocenters. The van der Waals surface area contributed by atoms with Crippen molar-refractivity contribution in [2.45, 2.75) is 69.4 Å². The molecule has 6 nitrogen and oxygen atoms in total. The average Bonchev–Trinajstić information content (AvgIpc) is 3.25. The third-order valence-electron chi connectivity index (χ3n) is 4.76. The van der Waals surface area contributed by atoms with Crippen LogP contribution in [0.25, 0.3) is 11.5 Å². The SMILES string of the molecule is CCN(C(=O)C(C)Sc1nnc(-c2ccoc2C)o1)C1CCCCC1. The van der Waals surface area contributed by atoms with Crippen LogP contribution >= 0.6 is 11.8 Å². The molecule has 7 heteroatoms. The molecule has 1 saturated carbocycles. The highest BCUT2D eigenvalue weighted by molar-refractivity contribution is 8.00. The van der Waals surface area contributed by atoms with E-state index < -0.39 is 0 Å². The van der Waals surface area contributed by atoms with Crippen molar-refractivity contribution in [1.29, 1.82) is 0 Å². The van der Waals surface area contributed by atoms with Gasteiger partial charge in [0.15, 0.2) is 0 Å². The highest BCUT2D eigenvalue weighted by Crippen LogP contribution is 2.30. The molecule has 0 N–H and O–H groups in total.